The second kappa shape index (κ2) is 7.19. The molecule has 1 aliphatic heterocycles. The van der Waals surface area contributed by atoms with Gasteiger partial charge < -0.3 is 15.1 Å². The summed E-state index contributed by atoms with van der Waals surface area (Å²) in [6.07, 6.45) is 0.741. The van der Waals surface area contributed by atoms with E-state index in [4.69, 9.17) is 0 Å². The molecule has 1 aromatic heterocycles. The minimum atomic E-state index is -0.322. The van der Waals surface area contributed by atoms with Crippen LogP contribution in [0.25, 0.3) is 0 Å². The van der Waals surface area contributed by atoms with Crippen molar-refractivity contribution in [2.24, 2.45) is 0 Å². The molecule has 0 spiro atoms. The normalized spacial score (nSPS) is 13.0. The number of thiol groups is 1. The summed E-state index contributed by atoms with van der Waals surface area (Å²) in [6, 6.07) is 5.68. The number of tetrazole rings is 1. The summed E-state index contributed by atoms with van der Waals surface area (Å²) in [7, 11) is 1.72. The molecule has 0 aliphatic carbocycles. The van der Waals surface area contributed by atoms with Gasteiger partial charge in [-0.25, -0.2) is 0 Å². The fourth-order valence-corrected chi connectivity index (χ4v) is 2.87. The van der Waals surface area contributed by atoms with Gasteiger partial charge in [0.2, 0.25) is 5.91 Å². The van der Waals surface area contributed by atoms with Crippen LogP contribution in [0.5, 0.6) is 0 Å². The van der Waals surface area contributed by atoms with Crippen LogP contribution in [-0.4, -0.2) is 58.1 Å². The van der Waals surface area contributed by atoms with Gasteiger partial charge in [-0.05, 0) is 53.9 Å². The van der Waals surface area contributed by atoms with Crippen LogP contribution < -0.4 is 15.1 Å². The van der Waals surface area contributed by atoms with Crippen LogP contribution >= 0.6 is 12.8 Å². The van der Waals surface area contributed by atoms with E-state index in [1.54, 1.807) is 16.8 Å². The molecular weight excluding hydrogens is 342 g/mol. The van der Waals surface area contributed by atoms with Crippen molar-refractivity contribution in [2.45, 2.75) is 13.3 Å². The van der Waals surface area contributed by atoms with Crippen LogP contribution in [0, 0.1) is 0 Å². The number of amides is 2. The monoisotopic (exact) mass is 361 g/mol. The number of likely N-dealkylation sites (N-methyl/N-ethyl adjacent to an activating group) is 2. The van der Waals surface area contributed by atoms with Gasteiger partial charge in [-0.15, -0.1) is 5.10 Å². The topological polar surface area (TPSA) is 96.2 Å². The molecule has 0 fully saturated rings. The minimum absolute atomic E-state index is 0.0445. The molecule has 1 aliphatic rings. The lowest BCUT2D eigenvalue weighted by Gasteiger charge is -2.21. The summed E-state index contributed by atoms with van der Waals surface area (Å²) in [4.78, 5) is 28.1. The third-order valence-electron chi connectivity index (χ3n) is 4.14. The highest BCUT2D eigenvalue weighted by Crippen LogP contribution is 2.32. The van der Waals surface area contributed by atoms with Gasteiger partial charge in [-0.2, -0.15) is 4.09 Å². The van der Waals surface area contributed by atoms with E-state index in [9.17, 15) is 9.59 Å². The molecule has 25 heavy (non-hydrogen) atoms. The molecule has 9 nitrogen and oxygen atoms in total. The Kier molecular flexibility index (Phi) is 5.00. The van der Waals surface area contributed by atoms with Gasteiger partial charge in [0, 0.05) is 25.0 Å². The fraction of sp³-hybridized carbons (Fsp3) is 0.400. The van der Waals surface area contributed by atoms with E-state index in [1.165, 1.54) is 0 Å². The van der Waals surface area contributed by atoms with Crippen molar-refractivity contribution in [1.29, 1.82) is 0 Å². The number of aromatic nitrogens is 4. The Labute approximate surface area is 150 Å². The van der Waals surface area contributed by atoms with Crippen molar-refractivity contribution in [1.82, 2.24) is 24.9 Å². The van der Waals surface area contributed by atoms with Crippen LogP contribution in [0.4, 0.5) is 11.4 Å². The number of carbonyl (C=O) groups excluding carboxylic acids is 2. The number of hydrogen-bond donors (Lipinski definition) is 2. The molecule has 0 radical (unpaired) electrons. The summed E-state index contributed by atoms with van der Waals surface area (Å²) in [5.74, 6) is -0.312. The summed E-state index contributed by atoms with van der Waals surface area (Å²) in [5, 5.41) is 13.7. The Morgan fingerprint density at radius 1 is 1.40 bits per heavy atom. The van der Waals surface area contributed by atoms with Crippen molar-refractivity contribution in [3.8, 4) is 0 Å². The number of nitrogens with one attached hydrogen (secondary N) is 1. The molecule has 1 N–H and O–H groups in total. The van der Waals surface area contributed by atoms with Gasteiger partial charge in [0.1, 0.15) is 0 Å². The SMILES string of the molecule is CCNCC(=O)N(C)c1ccc2c(c1)N(C(=O)c1nnnn1S)CC2. The summed E-state index contributed by atoms with van der Waals surface area (Å²) in [5.41, 5.74) is 2.54. The number of rotatable bonds is 5. The van der Waals surface area contributed by atoms with Crippen molar-refractivity contribution < 1.29 is 9.59 Å². The largest absolute Gasteiger partial charge is 0.314 e. The average Bonchev–Trinajstić information content (AvgIpc) is 3.23. The lowest BCUT2D eigenvalue weighted by Crippen LogP contribution is -2.35. The predicted octanol–water partition coefficient (Wildman–Crippen LogP) is 0.141. The van der Waals surface area contributed by atoms with E-state index in [0.717, 1.165) is 34.0 Å². The molecule has 2 amide bonds. The zero-order valence-electron chi connectivity index (χ0n) is 14.0. The van der Waals surface area contributed by atoms with Gasteiger partial charge >= 0.3 is 0 Å². The highest BCUT2D eigenvalue weighted by atomic mass is 32.1. The highest BCUT2D eigenvalue weighted by Gasteiger charge is 2.29. The van der Waals surface area contributed by atoms with Gasteiger partial charge in [0.15, 0.2) is 0 Å². The van der Waals surface area contributed by atoms with Crippen molar-refractivity contribution in [3.05, 3.63) is 29.6 Å². The number of benzene rings is 1. The Morgan fingerprint density at radius 2 is 2.20 bits per heavy atom. The second-order valence-electron chi connectivity index (χ2n) is 5.64. The number of anilines is 2. The molecule has 3 rings (SSSR count). The number of nitrogens with zero attached hydrogens (tertiary/aromatic N) is 6. The molecule has 2 aromatic rings. The van der Waals surface area contributed by atoms with E-state index in [1.807, 2.05) is 25.1 Å². The number of carbonyl (C=O) groups is 2. The lowest BCUT2D eigenvalue weighted by atomic mass is 10.1. The summed E-state index contributed by atoms with van der Waals surface area (Å²) in [6.45, 7) is 3.47. The first-order valence-electron chi connectivity index (χ1n) is 7.92. The quantitative estimate of drug-likeness (QED) is 0.736. The molecule has 132 valence electrons. The van der Waals surface area contributed by atoms with Crippen LogP contribution in [0.2, 0.25) is 0 Å². The maximum Gasteiger partial charge on any atom is 0.298 e. The molecule has 10 heteroatoms. The van der Waals surface area contributed by atoms with Gasteiger partial charge in [-0.3, -0.25) is 9.59 Å². The van der Waals surface area contributed by atoms with Gasteiger partial charge in [0.05, 0.1) is 6.54 Å². The number of fused-ring (bicyclic) bond motifs is 1. The Morgan fingerprint density at radius 3 is 2.88 bits per heavy atom. The molecule has 2 heterocycles. The number of hydrogen-bond acceptors (Lipinski definition) is 7. The lowest BCUT2D eigenvalue weighted by molar-refractivity contribution is -0.117. The Hall–Kier alpha value is -2.46. The van der Waals surface area contributed by atoms with Crippen molar-refractivity contribution >= 4 is 36.0 Å². The minimum Gasteiger partial charge on any atom is -0.314 e. The zero-order valence-corrected chi connectivity index (χ0v) is 14.9. The van der Waals surface area contributed by atoms with Gasteiger partial charge in [-0.1, -0.05) is 13.0 Å². The second-order valence-corrected chi connectivity index (χ2v) is 6.02. The van der Waals surface area contributed by atoms with E-state index in [0.29, 0.717) is 6.54 Å². The van der Waals surface area contributed by atoms with Crippen LogP contribution in [-0.2, 0) is 11.2 Å². The van der Waals surface area contributed by atoms with Crippen molar-refractivity contribution in [2.75, 3.05) is 36.5 Å². The van der Waals surface area contributed by atoms with Crippen molar-refractivity contribution in [3.63, 3.8) is 0 Å². The average molecular weight is 361 g/mol. The Bertz CT molecular complexity index is 807. The van der Waals surface area contributed by atoms with E-state index in [-0.39, 0.29) is 24.2 Å². The first kappa shape index (κ1) is 17.4. The molecule has 0 unspecified atom stereocenters. The molecule has 0 atom stereocenters. The summed E-state index contributed by atoms with van der Waals surface area (Å²) < 4.78 is 1.05. The first-order valence-corrected chi connectivity index (χ1v) is 8.32. The fourth-order valence-electron chi connectivity index (χ4n) is 2.71. The van der Waals surface area contributed by atoms with Crippen LogP contribution in [0.1, 0.15) is 23.1 Å². The third-order valence-corrected chi connectivity index (χ3v) is 4.41. The van der Waals surface area contributed by atoms with E-state index < -0.39 is 0 Å². The highest BCUT2D eigenvalue weighted by molar-refractivity contribution is 7.78. The predicted molar refractivity (Wildman–Crippen MR) is 96.0 cm³/mol. The molecule has 0 saturated carbocycles. The van der Waals surface area contributed by atoms with Gasteiger partial charge in [0.25, 0.3) is 11.7 Å². The zero-order chi connectivity index (χ0) is 18.0. The summed E-state index contributed by atoms with van der Waals surface area (Å²) >= 11 is 4.04. The molecule has 0 saturated heterocycles. The molecule has 0 bridgehead atoms. The standard InChI is InChI=1S/C15H19N7O2S/c1-3-16-9-13(23)20(2)11-5-4-10-6-7-21(12(10)8-11)15(24)14-17-18-19-22(14)25/h4-5,8,16,25H,3,6-7,9H2,1-2H3. The maximum absolute atomic E-state index is 12.7. The third kappa shape index (κ3) is 3.35. The van der Waals surface area contributed by atoms with E-state index in [2.05, 4.69) is 33.7 Å². The van der Waals surface area contributed by atoms with Crippen LogP contribution in [0.15, 0.2) is 18.2 Å². The first-order chi connectivity index (χ1) is 12.0. The Balaban J connectivity index is 1.85. The molecular formula is C15H19N7O2S. The maximum atomic E-state index is 12.7. The van der Waals surface area contributed by atoms with Crippen LogP contribution in [0.3, 0.4) is 0 Å². The van der Waals surface area contributed by atoms with E-state index >= 15 is 0 Å². The smallest absolute Gasteiger partial charge is 0.298 e. The molecule has 1 aromatic carbocycles.